The van der Waals surface area contributed by atoms with Crippen LogP contribution in [0.25, 0.3) is 10.9 Å². The third kappa shape index (κ3) is 1.29. The molecule has 2 aromatic rings. The second-order valence-electron chi connectivity index (χ2n) is 4.80. The van der Waals surface area contributed by atoms with Crippen LogP contribution in [0.3, 0.4) is 0 Å². The van der Waals surface area contributed by atoms with Gasteiger partial charge in [0.25, 0.3) is 0 Å². The number of H-pyrrole nitrogens is 1. The zero-order valence-corrected chi connectivity index (χ0v) is 10.4. The highest BCUT2D eigenvalue weighted by Gasteiger charge is 2.21. The fourth-order valence-electron chi connectivity index (χ4n) is 3.05. The number of hydrogen-bond acceptors (Lipinski definition) is 1. The summed E-state index contributed by atoms with van der Waals surface area (Å²) in [4.78, 5) is 0. The first-order chi connectivity index (χ1) is 7.68. The van der Waals surface area contributed by atoms with E-state index in [-0.39, 0.29) is 0 Å². The molecule has 1 unspecified atom stereocenters. The van der Waals surface area contributed by atoms with Crippen molar-refractivity contribution < 1.29 is 0 Å². The molecule has 1 heterocycles. The average molecular weight is 235 g/mol. The molecule has 0 amide bonds. The minimum Gasteiger partial charge on any atom is -0.266 e. The molecule has 0 saturated carbocycles. The van der Waals surface area contributed by atoms with E-state index in [0.29, 0.717) is 11.1 Å². The van der Waals surface area contributed by atoms with Gasteiger partial charge in [0.15, 0.2) is 0 Å². The smallest absolute Gasteiger partial charge is 0.132 e. The van der Waals surface area contributed by atoms with Gasteiger partial charge in [-0.2, -0.15) is 5.10 Å². The number of aromatic nitrogens is 2. The van der Waals surface area contributed by atoms with E-state index in [1.165, 1.54) is 36.0 Å². The van der Waals surface area contributed by atoms with Crippen molar-refractivity contribution in [3.05, 3.63) is 27.9 Å². The number of fused-ring (bicyclic) bond motifs is 2. The number of halogens is 1. The summed E-state index contributed by atoms with van der Waals surface area (Å²) in [5.74, 6) is 0.652. The molecule has 3 heteroatoms. The lowest BCUT2D eigenvalue weighted by molar-refractivity contribution is 0.588. The Kier molecular flexibility index (Phi) is 2.21. The van der Waals surface area contributed by atoms with E-state index in [4.69, 9.17) is 11.6 Å². The predicted octanol–water partition coefficient (Wildman–Crippen LogP) is 3.96. The Morgan fingerprint density at radius 1 is 1.50 bits per heavy atom. The second kappa shape index (κ2) is 3.49. The number of rotatable bonds is 0. The lowest BCUT2D eigenvalue weighted by Gasteiger charge is -2.24. The van der Waals surface area contributed by atoms with Crippen molar-refractivity contribution in [1.82, 2.24) is 10.2 Å². The van der Waals surface area contributed by atoms with Gasteiger partial charge in [-0.3, -0.25) is 5.10 Å². The number of aryl methyl sites for hydroxylation is 2. The molecule has 1 N–H and O–H groups in total. The maximum atomic E-state index is 6.15. The molecule has 0 fully saturated rings. The van der Waals surface area contributed by atoms with E-state index >= 15 is 0 Å². The van der Waals surface area contributed by atoms with Crippen LogP contribution < -0.4 is 0 Å². The van der Waals surface area contributed by atoms with Crippen molar-refractivity contribution in [3.8, 4) is 0 Å². The Morgan fingerprint density at radius 2 is 2.31 bits per heavy atom. The summed E-state index contributed by atoms with van der Waals surface area (Å²) in [5, 5.41) is 8.91. The van der Waals surface area contributed by atoms with Crippen molar-refractivity contribution >= 4 is 22.5 Å². The topological polar surface area (TPSA) is 28.7 Å². The van der Waals surface area contributed by atoms with Crippen molar-refractivity contribution in [1.29, 1.82) is 0 Å². The van der Waals surface area contributed by atoms with Crippen molar-refractivity contribution in [2.75, 3.05) is 0 Å². The molecule has 1 aliphatic rings. The number of nitrogens with one attached hydrogen (secondary N) is 1. The summed E-state index contributed by atoms with van der Waals surface area (Å²) >= 11 is 6.15. The zero-order valence-electron chi connectivity index (χ0n) is 9.60. The Hall–Kier alpha value is -1.02. The van der Waals surface area contributed by atoms with Gasteiger partial charge >= 0.3 is 0 Å². The van der Waals surface area contributed by atoms with Gasteiger partial charge in [0.05, 0.1) is 5.52 Å². The fraction of sp³-hybridized carbons (Fsp3) is 0.462. The molecule has 0 saturated heterocycles. The van der Waals surface area contributed by atoms with E-state index in [2.05, 4.69) is 30.1 Å². The predicted molar refractivity (Wildman–Crippen MR) is 67.2 cm³/mol. The quantitative estimate of drug-likeness (QED) is 0.734. The Bertz CT molecular complexity index is 557. The minimum atomic E-state index is 0.652. The van der Waals surface area contributed by atoms with Crippen molar-refractivity contribution in [3.63, 3.8) is 0 Å². The monoisotopic (exact) mass is 234 g/mol. The average Bonchev–Trinajstić information content (AvgIpc) is 2.60. The molecule has 1 aromatic carbocycles. The Morgan fingerprint density at radius 3 is 3.12 bits per heavy atom. The fourth-order valence-corrected chi connectivity index (χ4v) is 3.33. The van der Waals surface area contributed by atoms with E-state index in [0.717, 1.165) is 10.9 Å². The molecule has 3 rings (SSSR count). The van der Waals surface area contributed by atoms with E-state index in [1.54, 1.807) is 0 Å². The van der Waals surface area contributed by atoms with Gasteiger partial charge in [-0.15, -0.1) is 0 Å². The molecule has 1 atom stereocenters. The highest BCUT2D eigenvalue weighted by atomic mass is 35.5. The highest BCUT2D eigenvalue weighted by molar-refractivity contribution is 6.34. The summed E-state index contributed by atoms with van der Waals surface area (Å²) < 4.78 is 0. The third-order valence-electron chi connectivity index (χ3n) is 3.76. The highest BCUT2D eigenvalue weighted by Crippen LogP contribution is 2.38. The van der Waals surface area contributed by atoms with Crippen LogP contribution >= 0.6 is 11.6 Å². The minimum absolute atomic E-state index is 0.652. The molecule has 1 aromatic heterocycles. The van der Waals surface area contributed by atoms with Gasteiger partial charge in [-0.25, -0.2) is 0 Å². The van der Waals surface area contributed by atoms with Crippen LogP contribution in [0.5, 0.6) is 0 Å². The number of benzene rings is 1. The summed E-state index contributed by atoms with van der Waals surface area (Å²) in [6, 6.07) is 2.20. The zero-order chi connectivity index (χ0) is 11.3. The van der Waals surface area contributed by atoms with E-state index < -0.39 is 0 Å². The SMILES string of the molecule is Cc1c2c(cc3n[nH]c(Cl)c13)CCCC2C. The molecule has 0 aliphatic heterocycles. The van der Waals surface area contributed by atoms with Crippen LogP contribution in [0.4, 0.5) is 0 Å². The maximum absolute atomic E-state index is 6.15. The number of aromatic amines is 1. The number of nitrogens with zero attached hydrogens (tertiary/aromatic N) is 1. The lowest BCUT2D eigenvalue weighted by atomic mass is 9.80. The molecule has 1 aliphatic carbocycles. The maximum Gasteiger partial charge on any atom is 0.132 e. The van der Waals surface area contributed by atoms with Gasteiger partial charge in [0, 0.05) is 5.39 Å². The molecule has 16 heavy (non-hydrogen) atoms. The summed E-state index contributed by atoms with van der Waals surface area (Å²) in [6.45, 7) is 4.48. The molecular formula is C13H15ClN2. The normalized spacial score (nSPS) is 20.1. The van der Waals surface area contributed by atoms with Gasteiger partial charge in [-0.1, -0.05) is 18.5 Å². The van der Waals surface area contributed by atoms with Crippen LogP contribution in [0.2, 0.25) is 5.15 Å². The Balaban J connectivity index is 2.38. The second-order valence-corrected chi connectivity index (χ2v) is 5.18. The van der Waals surface area contributed by atoms with Gasteiger partial charge in [0.1, 0.15) is 5.15 Å². The summed E-state index contributed by atoms with van der Waals surface area (Å²) in [5.41, 5.74) is 5.29. The molecule has 0 bridgehead atoms. The van der Waals surface area contributed by atoms with E-state index in [9.17, 15) is 0 Å². The van der Waals surface area contributed by atoms with E-state index in [1.807, 2.05) is 0 Å². The molecule has 2 nitrogen and oxygen atoms in total. The summed E-state index contributed by atoms with van der Waals surface area (Å²) in [6.07, 6.45) is 3.76. The molecule has 0 spiro atoms. The lowest BCUT2D eigenvalue weighted by Crippen LogP contribution is -2.09. The Labute approximate surface area is 100.0 Å². The largest absolute Gasteiger partial charge is 0.266 e. The molecule has 84 valence electrons. The standard InChI is InChI=1S/C13H15ClN2/c1-7-4-3-5-9-6-10-12(8(2)11(7)9)13(14)16-15-10/h6-7H,3-5H2,1-2H3,(H,15,16). The van der Waals surface area contributed by atoms with Crippen molar-refractivity contribution in [2.45, 2.75) is 39.0 Å². The van der Waals surface area contributed by atoms with Gasteiger partial charge in [0.2, 0.25) is 0 Å². The van der Waals surface area contributed by atoms with Crippen LogP contribution in [0, 0.1) is 6.92 Å². The third-order valence-corrected chi connectivity index (χ3v) is 4.04. The van der Waals surface area contributed by atoms with Crippen LogP contribution in [-0.2, 0) is 6.42 Å². The van der Waals surface area contributed by atoms with Gasteiger partial charge < -0.3 is 0 Å². The first-order valence-electron chi connectivity index (χ1n) is 5.84. The van der Waals surface area contributed by atoms with Crippen molar-refractivity contribution in [2.24, 2.45) is 0 Å². The van der Waals surface area contributed by atoms with Gasteiger partial charge in [-0.05, 0) is 54.9 Å². The number of hydrogen-bond donors (Lipinski definition) is 1. The van der Waals surface area contributed by atoms with Crippen LogP contribution in [-0.4, -0.2) is 10.2 Å². The summed E-state index contributed by atoms with van der Waals surface area (Å²) in [7, 11) is 0. The molecular weight excluding hydrogens is 220 g/mol. The molecule has 0 radical (unpaired) electrons. The van der Waals surface area contributed by atoms with Crippen LogP contribution in [0.1, 0.15) is 42.4 Å². The first kappa shape index (κ1) is 10.2. The van der Waals surface area contributed by atoms with Crippen LogP contribution in [0.15, 0.2) is 6.07 Å². The first-order valence-corrected chi connectivity index (χ1v) is 6.22.